The summed E-state index contributed by atoms with van der Waals surface area (Å²) < 4.78 is 1.69. The number of nitrogens with one attached hydrogen (secondary N) is 1. The SMILES string of the molecule is CC(CCCl)CNC(=O)c1cnn(-c2ccccc2)c1. The molecule has 0 spiro atoms. The second-order valence-electron chi connectivity index (χ2n) is 4.80. The van der Waals surface area contributed by atoms with E-state index in [9.17, 15) is 4.79 Å². The maximum atomic E-state index is 12.0. The molecule has 1 aromatic carbocycles. The standard InChI is InChI=1S/C15H18ClN3O/c1-12(7-8-16)9-17-15(20)13-10-18-19(11-13)14-5-3-2-4-6-14/h2-6,10-12H,7-9H2,1H3,(H,17,20). The monoisotopic (exact) mass is 291 g/mol. The molecule has 1 N–H and O–H groups in total. The molecule has 2 aromatic rings. The maximum absolute atomic E-state index is 12.0. The van der Waals surface area contributed by atoms with Crippen molar-refractivity contribution in [3.05, 3.63) is 48.3 Å². The molecule has 0 aliphatic rings. The van der Waals surface area contributed by atoms with E-state index in [1.54, 1.807) is 17.1 Å². The molecule has 1 unspecified atom stereocenters. The van der Waals surface area contributed by atoms with Gasteiger partial charge in [0.2, 0.25) is 0 Å². The van der Waals surface area contributed by atoms with Gasteiger partial charge in [-0.2, -0.15) is 5.10 Å². The number of amides is 1. The fourth-order valence-electron chi connectivity index (χ4n) is 1.82. The Bertz CT molecular complexity index is 553. The van der Waals surface area contributed by atoms with Gasteiger partial charge < -0.3 is 5.32 Å². The molecule has 0 bridgehead atoms. The topological polar surface area (TPSA) is 46.9 Å². The van der Waals surface area contributed by atoms with Crippen LogP contribution in [0.5, 0.6) is 0 Å². The third-order valence-corrected chi connectivity index (χ3v) is 3.30. The highest BCUT2D eigenvalue weighted by molar-refractivity contribution is 6.17. The van der Waals surface area contributed by atoms with Crippen LogP contribution >= 0.6 is 11.6 Å². The fraction of sp³-hybridized carbons (Fsp3) is 0.333. The van der Waals surface area contributed by atoms with Gasteiger partial charge >= 0.3 is 0 Å². The van der Waals surface area contributed by atoms with Gasteiger partial charge in [0.1, 0.15) is 0 Å². The summed E-state index contributed by atoms with van der Waals surface area (Å²) in [7, 11) is 0. The summed E-state index contributed by atoms with van der Waals surface area (Å²) >= 11 is 5.67. The Kier molecular flexibility index (Phi) is 5.18. The van der Waals surface area contributed by atoms with Crippen LogP contribution in [0.25, 0.3) is 5.69 Å². The fourth-order valence-corrected chi connectivity index (χ4v) is 2.19. The Hall–Kier alpha value is -1.81. The molecule has 0 saturated heterocycles. The Labute approximate surface area is 123 Å². The average Bonchev–Trinajstić information content (AvgIpc) is 2.96. The van der Waals surface area contributed by atoms with Crippen molar-refractivity contribution in [3.63, 3.8) is 0 Å². The predicted octanol–water partition coefficient (Wildman–Crippen LogP) is 2.87. The van der Waals surface area contributed by atoms with Gasteiger partial charge in [-0.25, -0.2) is 4.68 Å². The van der Waals surface area contributed by atoms with Gasteiger partial charge in [0.05, 0.1) is 17.4 Å². The summed E-state index contributed by atoms with van der Waals surface area (Å²) in [5.41, 5.74) is 1.49. The minimum Gasteiger partial charge on any atom is -0.352 e. The van der Waals surface area contributed by atoms with E-state index in [0.717, 1.165) is 12.1 Å². The first-order valence-corrected chi connectivity index (χ1v) is 7.18. The van der Waals surface area contributed by atoms with Gasteiger partial charge in [-0.1, -0.05) is 25.1 Å². The summed E-state index contributed by atoms with van der Waals surface area (Å²) in [6.07, 6.45) is 4.20. The molecular weight excluding hydrogens is 274 g/mol. The minimum atomic E-state index is -0.103. The van der Waals surface area contributed by atoms with E-state index < -0.39 is 0 Å². The van der Waals surface area contributed by atoms with Crippen molar-refractivity contribution < 1.29 is 4.79 Å². The average molecular weight is 292 g/mol. The van der Waals surface area contributed by atoms with Gasteiger partial charge in [-0.05, 0) is 24.5 Å². The number of benzene rings is 1. The molecule has 1 amide bonds. The zero-order valence-corrected chi connectivity index (χ0v) is 12.2. The molecule has 20 heavy (non-hydrogen) atoms. The highest BCUT2D eigenvalue weighted by atomic mass is 35.5. The zero-order valence-electron chi connectivity index (χ0n) is 11.4. The lowest BCUT2D eigenvalue weighted by Gasteiger charge is -2.09. The van der Waals surface area contributed by atoms with Gasteiger partial charge in [0.15, 0.2) is 0 Å². The first-order chi connectivity index (χ1) is 9.70. The van der Waals surface area contributed by atoms with Crippen molar-refractivity contribution in [1.29, 1.82) is 0 Å². The first kappa shape index (κ1) is 14.6. The van der Waals surface area contributed by atoms with Gasteiger partial charge in [-0.15, -0.1) is 11.6 Å². The summed E-state index contributed by atoms with van der Waals surface area (Å²) in [5.74, 6) is 0.886. The molecule has 1 aromatic heterocycles. The van der Waals surface area contributed by atoms with Crippen LogP contribution < -0.4 is 5.32 Å². The van der Waals surface area contributed by atoms with Crippen molar-refractivity contribution in [2.24, 2.45) is 5.92 Å². The van der Waals surface area contributed by atoms with Gasteiger partial charge in [-0.3, -0.25) is 4.79 Å². The number of carbonyl (C=O) groups is 1. The van der Waals surface area contributed by atoms with Crippen molar-refractivity contribution >= 4 is 17.5 Å². The minimum absolute atomic E-state index is 0.103. The van der Waals surface area contributed by atoms with Crippen LogP contribution in [0.2, 0.25) is 0 Å². The van der Waals surface area contributed by atoms with Crippen LogP contribution in [0.4, 0.5) is 0 Å². The van der Waals surface area contributed by atoms with Crippen molar-refractivity contribution in [3.8, 4) is 5.69 Å². The van der Waals surface area contributed by atoms with E-state index >= 15 is 0 Å². The van der Waals surface area contributed by atoms with E-state index in [-0.39, 0.29) is 5.91 Å². The normalized spacial score (nSPS) is 12.1. The van der Waals surface area contributed by atoms with E-state index in [4.69, 9.17) is 11.6 Å². The first-order valence-electron chi connectivity index (χ1n) is 6.65. The molecule has 5 heteroatoms. The lowest BCUT2D eigenvalue weighted by molar-refractivity contribution is 0.0948. The number of alkyl halides is 1. The highest BCUT2D eigenvalue weighted by Crippen LogP contribution is 2.08. The molecule has 0 fully saturated rings. The molecule has 1 atom stereocenters. The Morgan fingerprint density at radius 1 is 1.40 bits per heavy atom. The summed E-state index contributed by atoms with van der Waals surface area (Å²) in [4.78, 5) is 12.0. The number of aromatic nitrogens is 2. The number of hydrogen-bond donors (Lipinski definition) is 1. The number of halogens is 1. The molecule has 0 saturated carbocycles. The number of carbonyl (C=O) groups excluding carboxylic acids is 1. The lowest BCUT2D eigenvalue weighted by Crippen LogP contribution is -2.28. The third kappa shape index (κ3) is 3.84. The van der Waals surface area contributed by atoms with Crippen molar-refractivity contribution in [2.45, 2.75) is 13.3 Å². The number of nitrogens with zero attached hydrogens (tertiary/aromatic N) is 2. The highest BCUT2D eigenvalue weighted by Gasteiger charge is 2.10. The molecule has 2 rings (SSSR count). The molecule has 0 aliphatic carbocycles. The Morgan fingerprint density at radius 3 is 2.85 bits per heavy atom. The Morgan fingerprint density at radius 2 is 2.15 bits per heavy atom. The van der Waals surface area contributed by atoms with Crippen molar-refractivity contribution in [2.75, 3.05) is 12.4 Å². The zero-order chi connectivity index (χ0) is 14.4. The number of hydrogen-bond acceptors (Lipinski definition) is 2. The lowest BCUT2D eigenvalue weighted by atomic mass is 10.1. The van der Waals surface area contributed by atoms with E-state index in [2.05, 4.69) is 17.3 Å². The number of para-hydroxylation sites is 1. The summed E-state index contributed by atoms with van der Waals surface area (Å²) in [6, 6.07) is 9.70. The van der Waals surface area contributed by atoms with Crippen LogP contribution in [0.15, 0.2) is 42.7 Å². The van der Waals surface area contributed by atoms with Crippen LogP contribution in [0.1, 0.15) is 23.7 Å². The van der Waals surface area contributed by atoms with Crippen LogP contribution in [-0.2, 0) is 0 Å². The maximum Gasteiger partial charge on any atom is 0.254 e. The molecule has 0 aliphatic heterocycles. The molecular formula is C15H18ClN3O. The third-order valence-electron chi connectivity index (χ3n) is 3.08. The molecule has 0 radical (unpaired) electrons. The molecule has 1 heterocycles. The van der Waals surface area contributed by atoms with E-state index in [0.29, 0.717) is 23.9 Å². The van der Waals surface area contributed by atoms with Gasteiger partial charge in [0, 0.05) is 18.6 Å². The van der Waals surface area contributed by atoms with Crippen LogP contribution in [0.3, 0.4) is 0 Å². The van der Waals surface area contributed by atoms with E-state index in [1.807, 2.05) is 30.3 Å². The van der Waals surface area contributed by atoms with Crippen LogP contribution in [-0.4, -0.2) is 28.1 Å². The Balaban J connectivity index is 1.97. The molecule has 4 nitrogen and oxygen atoms in total. The smallest absolute Gasteiger partial charge is 0.254 e. The second-order valence-corrected chi connectivity index (χ2v) is 5.18. The second kappa shape index (κ2) is 7.10. The van der Waals surface area contributed by atoms with E-state index in [1.165, 1.54) is 0 Å². The summed E-state index contributed by atoms with van der Waals surface area (Å²) in [5, 5.41) is 7.10. The quantitative estimate of drug-likeness (QED) is 0.832. The molecule has 106 valence electrons. The number of rotatable bonds is 6. The van der Waals surface area contributed by atoms with Crippen LogP contribution in [0, 0.1) is 5.92 Å². The summed E-state index contributed by atoms with van der Waals surface area (Å²) in [6.45, 7) is 2.69. The van der Waals surface area contributed by atoms with Gasteiger partial charge in [0.25, 0.3) is 5.91 Å². The predicted molar refractivity (Wildman–Crippen MR) is 80.4 cm³/mol. The largest absolute Gasteiger partial charge is 0.352 e. The van der Waals surface area contributed by atoms with Crippen molar-refractivity contribution in [1.82, 2.24) is 15.1 Å².